The number of ketones is 1. The first kappa shape index (κ1) is 23.5. The van der Waals surface area contributed by atoms with Gasteiger partial charge in [0.25, 0.3) is 5.78 Å². The second-order valence-electron chi connectivity index (χ2n) is 7.69. The Hall–Kier alpha value is -3.65. The third-order valence-electron chi connectivity index (χ3n) is 5.46. The number of ether oxygens (including phenoxy) is 2. The molecule has 2 aromatic carbocycles. The predicted octanol–water partition coefficient (Wildman–Crippen LogP) is 5.35. The van der Waals surface area contributed by atoms with Crippen LogP contribution in [0.5, 0.6) is 11.5 Å². The van der Waals surface area contributed by atoms with Gasteiger partial charge in [-0.25, -0.2) is 4.98 Å². The normalized spacial score (nSPS) is 17.2. The molecule has 1 N–H and O–H groups in total. The molecule has 4 rings (SSSR count). The van der Waals surface area contributed by atoms with E-state index in [1.54, 1.807) is 54.0 Å². The molecule has 7 nitrogen and oxygen atoms in total. The first-order chi connectivity index (χ1) is 16.6. The second kappa shape index (κ2) is 10.5. The van der Waals surface area contributed by atoms with Crippen molar-refractivity contribution in [1.29, 1.82) is 0 Å². The van der Waals surface area contributed by atoms with Crippen LogP contribution < -0.4 is 14.4 Å². The molecular weight excluding hydrogens is 452 g/mol. The average Bonchev–Trinajstić information content (AvgIpc) is 3.47. The monoisotopic (exact) mass is 478 g/mol. The molecule has 1 atom stereocenters. The lowest BCUT2D eigenvalue weighted by Gasteiger charge is -2.24. The number of carbonyl (C=O) groups is 2. The van der Waals surface area contributed by atoms with E-state index < -0.39 is 17.7 Å². The number of anilines is 1. The van der Waals surface area contributed by atoms with Crippen LogP contribution >= 0.6 is 11.3 Å². The molecule has 1 amide bonds. The van der Waals surface area contributed by atoms with E-state index in [0.29, 0.717) is 41.0 Å². The van der Waals surface area contributed by atoms with Crippen molar-refractivity contribution < 1.29 is 24.2 Å². The van der Waals surface area contributed by atoms with Crippen LogP contribution in [0, 0.1) is 0 Å². The van der Waals surface area contributed by atoms with Gasteiger partial charge in [-0.3, -0.25) is 14.5 Å². The molecule has 0 aliphatic carbocycles. The number of aliphatic hydroxyl groups is 1. The molecule has 1 aromatic heterocycles. The Kier molecular flexibility index (Phi) is 7.27. The van der Waals surface area contributed by atoms with Crippen LogP contribution in [0.25, 0.3) is 5.76 Å². The minimum atomic E-state index is -0.866. The van der Waals surface area contributed by atoms with Crippen LogP contribution in [-0.2, 0) is 9.59 Å². The summed E-state index contributed by atoms with van der Waals surface area (Å²) < 4.78 is 11.7. The Balaban J connectivity index is 1.86. The average molecular weight is 479 g/mol. The fraction of sp³-hybridized carbons (Fsp3) is 0.269. The van der Waals surface area contributed by atoms with Gasteiger partial charge >= 0.3 is 5.91 Å². The summed E-state index contributed by atoms with van der Waals surface area (Å²) in [6.45, 7) is 4.94. The Labute approximate surface area is 202 Å². The minimum absolute atomic E-state index is 0.00787. The minimum Gasteiger partial charge on any atom is -0.507 e. The van der Waals surface area contributed by atoms with Gasteiger partial charge in [-0.1, -0.05) is 49.7 Å². The number of Topliss-reactive ketones (excluding diaryl/α,β-unsaturated/α-hetero) is 1. The molecule has 0 saturated carbocycles. The summed E-state index contributed by atoms with van der Waals surface area (Å²) >= 11 is 1.25. The van der Waals surface area contributed by atoms with Gasteiger partial charge in [0.1, 0.15) is 5.76 Å². The zero-order valence-electron chi connectivity index (χ0n) is 19.1. The third-order valence-corrected chi connectivity index (χ3v) is 6.23. The van der Waals surface area contributed by atoms with E-state index in [0.717, 1.165) is 12.8 Å². The number of unbranched alkanes of at least 4 members (excludes halogenated alkanes) is 1. The number of carbonyl (C=O) groups excluding carboxylic acids is 2. The van der Waals surface area contributed by atoms with E-state index in [2.05, 4.69) is 11.9 Å². The molecule has 1 aliphatic heterocycles. The van der Waals surface area contributed by atoms with Gasteiger partial charge in [0.05, 0.1) is 24.8 Å². The maximum absolute atomic E-state index is 13.2. The molecule has 1 unspecified atom stereocenters. The van der Waals surface area contributed by atoms with E-state index >= 15 is 0 Å². The van der Waals surface area contributed by atoms with Crippen molar-refractivity contribution in [2.24, 2.45) is 0 Å². The lowest BCUT2D eigenvalue weighted by molar-refractivity contribution is -0.132. The quantitative estimate of drug-likeness (QED) is 0.193. The summed E-state index contributed by atoms with van der Waals surface area (Å²) in [4.78, 5) is 31.9. The van der Waals surface area contributed by atoms with Gasteiger partial charge in [0.15, 0.2) is 16.6 Å². The highest BCUT2D eigenvalue weighted by Gasteiger charge is 2.48. The van der Waals surface area contributed by atoms with Crippen molar-refractivity contribution >= 4 is 33.9 Å². The zero-order valence-corrected chi connectivity index (χ0v) is 19.9. The molecule has 0 spiro atoms. The van der Waals surface area contributed by atoms with Crippen LogP contribution in [0.3, 0.4) is 0 Å². The van der Waals surface area contributed by atoms with Gasteiger partial charge in [0, 0.05) is 17.1 Å². The SMILES string of the molecule is CCCCOc1ccc(C2C(=C(O)c3ccccc3)C(=O)C(=O)N2c2nccs2)cc1OCC. The van der Waals surface area contributed by atoms with E-state index in [9.17, 15) is 14.7 Å². The van der Waals surface area contributed by atoms with Gasteiger partial charge in [-0.05, 0) is 31.0 Å². The Morgan fingerprint density at radius 3 is 2.56 bits per heavy atom. The summed E-state index contributed by atoms with van der Waals surface area (Å²) in [6.07, 6.45) is 3.49. The third kappa shape index (κ3) is 4.54. The van der Waals surface area contributed by atoms with Gasteiger partial charge in [0.2, 0.25) is 0 Å². The lowest BCUT2D eigenvalue weighted by Crippen LogP contribution is -2.29. The Bertz CT molecular complexity index is 1190. The molecule has 1 saturated heterocycles. The first-order valence-corrected chi connectivity index (χ1v) is 12.1. The summed E-state index contributed by atoms with van der Waals surface area (Å²) in [6, 6.07) is 13.2. The number of aliphatic hydroxyl groups excluding tert-OH is 1. The van der Waals surface area contributed by atoms with Crippen LogP contribution in [0.2, 0.25) is 0 Å². The molecule has 1 aliphatic rings. The number of hydrogen-bond acceptors (Lipinski definition) is 7. The molecule has 2 heterocycles. The van der Waals surface area contributed by atoms with Crippen molar-refractivity contribution in [2.75, 3.05) is 18.1 Å². The van der Waals surface area contributed by atoms with Crippen LogP contribution in [0.15, 0.2) is 65.7 Å². The van der Waals surface area contributed by atoms with Gasteiger partial charge < -0.3 is 14.6 Å². The standard InChI is InChI=1S/C26H26N2O5S/c1-3-5-14-33-19-12-11-18(16-20(19)32-4-2)22-21(23(29)17-9-7-6-8-10-17)24(30)25(31)28(22)26-27-13-15-34-26/h6-13,15-16,22,29H,3-5,14H2,1-2H3. The van der Waals surface area contributed by atoms with Crippen molar-refractivity contribution in [2.45, 2.75) is 32.7 Å². The molecule has 0 bridgehead atoms. The molecule has 8 heteroatoms. The van der Waals surface area contributed by atoms with E-state index in [1.165, 1.54) is 16.2 Å². The van der Waals surface area contributed by atoms with E-state index in [1.807, 2.05) is 13.0 Å². The molecule has 1 fully saturated rings. The van der Waals surface area contributed by atoms with Gasteiger partial charge in [-0.15, -0.1) is 11.3 Å². The topological polar surface area (TPSA) is 89.0 Å². The summed E-state index contributed by atoms with van der Waals surface area (Å²) in [5, 5.41) is 13.2. The highest BCUT2D eigenvalue weighted by Crippen LogP contribution is 2.44. The summed E-state index contributed by atoms with van der Waals surface area (Å²) in [7, 11) is 0. The highest BCUT2D eigenvalue weighted by atomic mass is 32.1. The Morgan fingerprint density at radius 2 is 1.88 bits per heavy atom. The van der Waals surface area contributed by atoms with Crippen LogP contribution in [-0.4, -0.2) is 35.0 Å². The number of benzene rings is 2. The molecule has 34 heavy (non-hydrogen) atoms. The molecule has 0 radical (unpaired) electrons. The number of hydrogen-bond donors (Lipinski definition) is 1. The van der Waals surface area contributed by atoms with Crippen molar-refractivity contribution in [1.82, 2.24) is 4.98 Å². The number of thiazole rings is 1. The van der Waals surface area contributed by atoms with Crippen molar-refractivity contribution in [3.8, 4) is 11.5 Å². The maximum atomic E-state index is 13.2. The highest BCUT2D eigenvalue weighted by molar-refractivity contribution is 7.14. The van der Waals surface area contributed by atoms with Crippen LogP contribution in [0.4, 0.5) is 5.13 Å². The number of amides is 1. The number of rotatable bonds is 9. The largest absolute Gasteiger partial charge is 0.507 e. The molecular formula is C26H26N2O5S. The number of nitrogens with zero attached hydrogens (tertiary/aromatic N) is 2. The van der Waals surface area contributed by atoms with Gasteiger partial charge in [-0.2, -0.15) is 0 Å². The Morgan fingerprint density at radius 1 is 1.09 bits per heavy atom. The van der Waals surface area contributed by atoms with Crippen LogP contribution in [0.1, 0.15) is 43.9 Å². The fourth-order valence-electron chi connectivity index (χ4n) is 3.84. The van der Waals surface area contributed by atoms with Crippen molar-refractivity contribution in [3.63, 3.8) is 0 Å². The smallest absolute Gasteiger partial charge is 0.301 e. The summed E-state index contributed by atoms with van der Waals surface area (Å²) in [5.41, 5.74) is 1.07. The van der Waals surface area contributed by atoms with E-state index in [-0.39, 0.29) is 11.3 Å². The zero-order chi connectivity index (χ0) is 24.1. The summed E-state index contributed by atoms with van der Waals surface area (Å²) in [5.74, 6) is -0.625. The predicted molar refractivity (Wildman–Crippen MR) is 131 cm³/mol. The maximum Gasteiger partial charge on any atom is 0.301 e. The first-order valence-electron chi connectivity index (χ1n) is 11.2. The second-order valence-corrected chi connectivity index (χ2v) is 8.56. The van der Waals surface area contributed by atoms with Crippen molar-refractivity contribution in [3.05, 3.63) is 76.8 Å². The molecule has 3 aromatic rings. The molecule has 176 valence electrons. The lowest BCUT2D eigenvalue weighted by atomic mass is 9.95. The number of aromatic nitrogens is 1. The van der Waals surface area contributed by atoms with E-state index in [4.69, 9.17) is 9.47 Å². The fourth-order valence-corrected chi connectivity index (χ4v) is 4.51.